The zero-order chi connectivity index (χ0) is 20.9. The van der Waals surface area contributed by atoms with E-state index < -0.39 is 15.8 Å². The van der Waals surface area contributed by atoms with Crippen molar-refractivity contribution in [1.82, 2.24) is 0 Å². The number of halogens is 1. The summed E-state index contributed by atoms with van der Waals surface area (Å²) in [6.07, 6.45) is 0.926. The van der Waals surface area contributed by atoms with Gasteiger partial charge < -0.3 is 10.1 Å². The number of nitrogens with one attached hydrogen (secondary N) is 2. The van der Waals surface area contributed by atoms with Crippen molar-refractivity contribution >= 4 is 38.6 Å². The summed E-state index contributed by atoms with van der Waals surface area (Å²) in [5.41, 5.74) is 1.68. The van der Waals surface area contributed by atoms with Crippen LogP contribution in [-0.4, -0.2) is 21.4 Å². The fraction of sp³-hybridized carbons (Fsp3) is 0.150. The summed E-state index contributed by atoms with van der Waals surface area (Å²) in [4.78, 5) is 12.1. The number of rotatable bonds is 8. The molecule has 1 aromatic heterocycles. The molecule has 0 atom stereocenters. The fourth-order valence-corrected chi connectivity index (χ4v) is 4.36. The number of amides is 1. The van der Waals surface area contributed by atoms with Crippen LogP contribution in [0.1, 0.15) is 12.0 Å². The molecule has 3 aromatic rings. The summed E-state index contributed by atoms with van der Waals surface area (Å²) in [5.74, 6) is -0.436. The molecule has 0 spiro atoms. The van der Waals surface area contributed by atoms with E-state index in [0.29, 0.717) is 18.5 Å². The van der Waals surface area contributed by atoms with Crippen LogP contribution in [0.3, 0.4) is 0 Å². The summed E-state index contributed by atoms with van der Waals surface area (Å²) in [7, 11) is -2.55. The first-order chi connectivity index (χ1) is 13.9. The van der Waals surface area contributed by atoms with Gasteiger partial charge in [-0.2, -0.15) is 11.3 Å². The molecule has 2 aromatic carbocycles. The number of thiophene rings is 1. The Morgan fingerprint density at radius 2 is 1.90 bits per heavy atom. The van der Waals surface area contributed by atoms with Crippen molar-refractivity contribution in [3.05, 3.63) is 70.7 Å². The first-order valence-corrected chi connectivity index (χ1v) is 11.1. The smallest absolute Gasteiger partial charge is 0.262 e. The molecule has 0 saturated carbocycles. The number of hydrogen-bond donors (Lipinski definition) is 2. The maximum atomic E-state index is 13.1. The quantitative estimate of drug-likeness (QED) is 0.555. The molecule has 152 valence electrons. The van der Waals surface area contributed by atoms with Crippen molar-refractivity contribution in [3.8, 4) is 5.75 Å². The number of hydrogen-bond acceptors (Lipinski definition) is 5. The van der Waals surface area contributed by atoms with Gasteiger partial charge in [-0.25, -0.2) is 12.8 Å². The van der Waals surface area contributed by atoms with Gasteiger partial charge in [0.2, 0.25) is 5.91 Å². The molecule has 0 fully saturated rings. The van der Waals surface area contributed by atoms with Crippen LogP contribution < -0.4 is 14.8 Å². The second-order valence-electron chi connectivity index (χ2n) is 6.15. The second-order valence-corrected chi connectivity index (χ2v) is 8.62. The number of benzene rings is 2. The summed E-state index contributed by atoms with van der Waals surface area (Å²) < 4.78 is 45.8. The molecule has 29 heavy (non-hydrogen) atoms. The third-order valence-corrected chi connectivity index (χ3v) is 6.19. The van der Waals surface area contributed by atoms with Gasteiger partial charge in [0, 0.05) is 12.1 Å². The fourth-order valence-electron chi connectivity index (χ4n) is 2.60. The van der Waals surface area contributed by atoms with E-state index in [0.717, 1.165) is 17.7 Å². The summed E-state index contributed by atoms with van der Waals surface area (Å²) >= 11 is 1.57. The van der Waals surface area contributed by atoms with Gasteiger partial charge in [-0.05, 0) is 71.3 Å². The number of methoxy groups -OCH3 is 1. The number of aryl methyl sites for hydroxylation is 1. The van der Waals surface area contributed by atoms with Crippen LogP contribution in [0.5, 0.6) is 5.75 Å². The predicted octanol–water partition coefficient (Wildman–Crippen LogP) is 4.27. The maximum Gasteiger partial charge on any atom is 0.262 e. The molecule has 0 aliphatic carbocycles. The third kappa shape index (κ3) is 5.55. The van der Waals surface area contributed by atoms with Crippen LogP contribution in [0.2, 0.25) is 0 Å². The Hall–Kier alpha value is -2.91. The van der Waals surface area contributed by atoms with Crippen molar-refractivity contribution in [1.29, 1.82) is 0 Å². The molecule has 1 amide bonds. The molecule has 2 N–H and O–H groups in total. The van der Waals surface area contributed by atoms with Crippen LogP contribution in [-0.2, 0) is 21.2 Å². The SMILES string of the molecule is COc1ccc(NC(=O)CCc2ccsc2)cc1NS(=O)(=O)c1ccc(F)cc1. The van der Waals surface area contributed by atoms with Crippen LogP contribution in [0.25, 0.3) is 0 Å². The number of anilines is 2. The maximum absolute atomic E-state index is 13.1. The average molecular weight is 435 g/mol. The van der Waals surface area contributed by atoms with Crippen LogP contribution in [0, 0.1) is 5.82 Å². The van der Waals surface area contributed by atoms with E-state index in [1.807, 2.05) is 16.8 Å². The Labute approximate surface area is 172 Å². The van der Waals surface area contributed by atoms with Crippen LogP contribution in [0.15, 0.2) is 64.2 Å². The molecule has 3 rings (SSSR count). The summed E-state index contributed by atoms with van der Waals surface area (Å²) in [6.45, 7) is 0. The van der Waals surface area contributed by atoms with Gasteiger partial charge in [0.25, 0.3) is 10.0 Å². The minimum atomic E-state index is -3.96. The zero-order valence-corrected chi connectivity index (χ0v) is 17.1. The number of carbonyl (C=O) groups excluding carboxylic acids is 1. The standard InChI is InChI=1S/C20H19FN2O4S2/c1-27-19-8-5-16(22-20(24)9-2-14-10-11-28-13-14)12-18(19)23-29(25,26)17-6-3-15(21)4-7-17/h3-8,10-13,23H,2,9H2,1H3,(H,22,24). The zero-order valence-electron chi connectivity index (χ0n) is 15.5. The molecule has 0 unspecified atom stereocenters. The molecule has 0 saturated heterocycles. The highest BCUT2D eigenvalue weighted by molar-refractivity contribution is 7.92. The first-order valence-electron chi connectivity index (χ1n) is 8.65. The Bertz CT molecular complexity index is 1080. The van der Waals surface area contributed by atoms with Gasteiger partial charge in [0.1, 0.15) is 11.6 Å². The first kappa shape index (κ1) is 20.8. The Morgan fingerprint density at radius 3 is 2.55 bits per heavy atom. The molecule has 6 nitrogen and oxygen atoms in total. The monoisotopic (exact) mass is 434 g/mol. The lowest BCUT2D eigenvalue weighted by Gasteiger charge is -2.14. The van der Waals surface area contributed by atoms with Crippen LogP contribution in [0.4, 0.5) is 15.8 Å². The lowest BCUT2D eigenvalue weighted by Crippen LogP contribution is -2.15. The minimum absolute atomic E-state index is 0.0915. The highest BCUT2D eigenvalue weighted by Gasteiger charge is 2.17. The largest absolute Gasteiger partial charge is 0.495 e. The van der Waals surface area contributed by atoms with Gasteiger partial charge in [-0.15, -0.1) is 0 Å². The number of carbonyl (C=O) groups is 1. The molecule has 0 aliphatic rings. The van der Waals surface area contributed by atoms with Crippen molar-refractivity contribution in [2.24, 2.45) is 0 Å². The number of ether oxygens (including phenoxy) is 1. The Kier molecular flexibility index (Phi) is 6.50. The van der Waals surface area contributed by atoms with E-state index in [1.54, 1.807) is 23.5 Å². The lowest BCUT2D eigenvalue weighted by atomic mass is 10.2. The topological polar surface area (TPSA) is 84.5 Å². The van der Waals surface area contributed by atoms with Crippen molar-refractivity contribution < 1.29 is 22.3 Å². The van der Waals surface area contributed by atoms with E-state index in [-0.39, 0.29) is 22.2 Å². The van der Waals surface area contributed by atoms with Gasteiger partial charge in [-0.3, -0.25) is 9.52 Å². The van der Waals surface area contributed by atoms with E-state index in [1.165, 1.54) is 25.3 Å². The summed E-state index contributed by atoms with van der Waals surface area (Å²) in [5, 5.41) is 6.70. The summed E-state index contributed by atoms with van der Waals surface area (Å²) in [6, 6.07) is 11.1. The highest BCUT2D eigenvalue weighted by atomic mass is 32.2. The molecule has 1 heterocycles. The van der Waals surface area contributed by atoms with Crippen LogP contribution >= 0.6 is 11.3 Å². The molecule has 9 heteroatoms. The third-order valence-electron chi connectivity index (χ3n) is 4.07. The molecule has 0 bridgehead atoms. The second kappa shape index (κ2) is 9.06. The lowest BCUT2D eigenvalue weighted by molar-refractivity contribution is -0.116. The number of sulfonamides is 1. The normalized spacial score (nSPS) is 11.1. The van der Waals surface area contributed by atoms with E-state index in [2.05, 4.69) is 10.0 Å². The minimum Gasteiger partial charge on any atom is -0.495 e. The van der Waals surface area contributed by atoms with E-state index in [9.17, 15) is 17.6 Å². The van der Waals surface area contributed by atoms with Crippen molar-refractivity contribution in [2.75, 3.05) is 17.1 Å². The predicted molar refractivity (Wildman–Crippen MR) is 111 cm³/mol. The molecule has 0 aliphatic heterocycles. The Morgan fingerprint density at radius 1 is 1.14 bits per heavy atom. The average Bonchev–Trinajstić information content (AvgIpc) is 3.20. The van der Waals surface area contributed by atoms with E-state index in [4.69, 9.17) is 4.74 Å². The molecular weight excluding hydrogens is 415 g/mol. The van der Waals surface area contributed by atoms with Crippen molar-refractivity contribution in [2.45, 2.75) is 17.7 Å². The van der Waals surface area contributed by atoms with Gasteiger partial charge in [0.15, 0.2) is 0 Å². The van der Waals surface area contributed by atoms with E-state index >= 15 is 0 Å². The van der Waals surface area contributed by atoms with Gasteiger partial charge >= 0.3 is 0 Å². The Balaban J connectivity index is 1.74. The molecule has 0 radical (unpaired) electrons. The van der Waals surface area contributed by atoms with Gasteiger partial charge in [-0.1, -0.05) is 0 Å². The molecular formula is C20H19FN2O4S2. The van der Waals surface area contributed by atoms with Gasteiger partial charge in [0.05, 0.1) is 17.7 Å². The highest BCUT2D eigenvalue weighted by Crippen LogP contribution is 2.30. The van der Waals surface area contributed by atoms with Crippen molar-refractivity contribution in [3.63, 3.8) is 0 Å².